The summed E-state index contributed by atoms with van der Waals surface area (Å²) in [4.78, 5) is 32.6. The molecule has 7 heteroatoms. The quantitative estimate of drug-likeness (QED) is 0.373. The molecule has 3 aromatic rings. The van der Waals surface area contributed by atoms with Crippen molar-refractivity contribution in [3.63, 3.8) is 0 Å². The Labute approximate surface area is 152 Å². The third-order valence-electron chi connectivity index (χ3n) is 4.43. The van der Waals surface area contributed by atoms with Gasteiger partial charge in [0.2, 0.25) is 6.41 Å². The van der Waals surface area contributed by atoms with Crippen LogP contribution in [0.15, 0.2) is 42.5 Å². The van der Waals surface area contributed by atoms with Crippen molar-refractivity contribution in [3.05, 3.63) is 53.7 Å². The van der Waals surface area contributed by atoms with E-state index in [4.69, 9.17) is 14.3 Å². The topological polar surface area (TPSA) is 94.6 Å². The molecular weight excluding hydrogens is 351 g/mol. The minimum Gasteiger partial charge on any atom is -0.427 e. The van der Waals surface area contributed by atoms with Crippen LogP contribution in [0.1, 0.15) is 30.6 Å². The summed E-state index contributed by atoms with van der Waals surface area (Å²) in [6.07, 6.45) is 1.49. The van der Waals surface area contributed by atoms with Gasteiger partial charge < -0.3 is 24.6 Å². The van der Waals surface area contributed by atoms with Crippen LogP contribution < -0.4 is 9.84 Å². The SMILES string of the molecule is CCC(NC=O)c1ccccc1-c1c(C)[nH]c2ccc(OP(O)O)cc12. The summed E-state index contributed by atoms with van der Waals surface area (Å²) in [6, 6.07) is 13.2. The van der Waals surface area contributed by atoms with E-state index in [1.54, 1.807) is 12.1 Å². The number of fused-ring (bicyclic) bond motifs is 1. The normalized spacial score (nSPS) is 12.3. The average molecular weight is 372 g/mol. The lowest BCUT2D eigenvalue weighted by atomic mass is 9.92. The number of nitrogens with one attached hydrogen (secondary N) is 2. The largest absolute Gasteiger partial charge is 0.427 e. The van der Waals surface area contributed by atoms with E-state index < -0.39 is 8.60 Å². The summed E-state index contributed by atoms with van der Waals surface area (Å²) in [7, 11) is -2.47. The maximum absolute atomic E-state index is 11.0. The van der Waals surface area contributed by atoms with E-state index in [0.717, 1.165) is 46.1 Å². The molecule has 1 unspecified atom stereocenters. The molecule has 0 spiro atoms. The molecule has 0 aliphatic carbocycles. The van der Waals surface area contributed by atoms with Crippen molar-refractivity contribution in [1.82, 2.24) is 10.3 Å². The van der Waals surface area contributed by atoms with Crippen LogP contribution in [0.4, 0.5) is 0 Å². The Hall–Kier alpha value is -2.40. The molecule has 0 saturated heterocycles. The van der Waals surface area contributed by atoms with E-state index in [-0.39, 0.29) is 6.04 Å². The number of rotatable bonds is 7. The highest BCUT2D eigenvalue weighted by molar-refractivity contribution is 7.39. The molecule has 2 aromatic carbocycles. The first-order valence-electron chi connectivity index (χ1n) is 8.32. The predicted molar refractivity (Wildman–Crippen MR) is 103 cm³/mol. The minimum atomic E-state index is -2.47. The van der Waals surface area contributed by atoms with Gasteiger partial charge >= 0.3 is 8.60 Å². The summed E-state index contributed by atoms with van der Waals surface area (Å²) >= 11 is 0. The van der Waals surface area contributed by atoms with E-state index >= 15 is 0 Å². The van der Waals surface area contributed by atoms with Crippen molar-refractivity contribution in [3.8, 4) is 16.9 Å². The minimum absolute atomic E-state index is 0.0878. The average Bonchev–Trinajstić information content (AvgIpc) is 2.94. The van der Waals surface area contributed by atoms with Crippen LogP contribution in [0.3, 0.4) is 0 Å². The maximum atomic E-state index is 11.0. The number of hydrogen-bond donors (Lipinski definition) is 4. The Morgan fingerprint density at radius 2 is 2.04 bits per heavy atom. The number of aryl methyl sites for hydroxylation is 1. The molecular formula is C19H21N2O4P. The second kappa shape index (κ2) is 7.87. The number of hydrogen-bond acceptors (Lipinski definition) is 4. The number of aromatic nitrogens is 1. The third-order valence-corrected chi connectivity index (χ3v) is 4.80. The number of carbonyl (C=O) groups is 1. The van der Waals surface area contributed by atoms with Gasteiger partial charge in [0.25, 0.3) is 0 Å². The first kappa shape index (κ1) is 18.4. The lowest BCUT2D eigenvalue weighted by molar-refractivity contribution is -0.110. The standard InChI is InChI=1S/C19H21N2O4P/c1-3-17(20-11-22)14-6-4-5-7-15(14)19-12(2)21-18-9-8-13(10-16(18)19)25-26(23)24/h4-11,17,21,23-24H,3H2,1-2H3,(H,20,22). The molecule has 4 N–H and O–H groups in total. The molecule has 1 atom stereocenters. The first-order valence-corrected chi connectivity index (χ1v) is 9.48. The van der Waals surface area contributed by atoms with Crippen molar-refractivity contribution < 1.29 is 19.1 Å². The predicted octanol–water partition coefficient (Wildman–Crippen LogP) is 3.93. The molecule has 136 valence electrons. The van der Waals surface area contributed by atoms with Crippen LogP contribution in [0.2, 0.25) is 0 Å². The van der Waals surface area contributed by atoms with Crippen molar-refractivity contribution in [1.29, 1.82) is 0 Å². The molecule has 0 saturated carbocycles. The van der Waals surface area contributed by atoms with Gasteiger partial charge in [-0.1, -0.05) is 31.2 Å². The molecule has 0 radical (unpaired) electrons. The van der Waals surface area contributed by atoms with Crippen LogP contribution in [0.25, 0.3) is 22.0 Å². The first-order chi connectivity index (χ1) is 12.5. The van der Waals surface area contributed by atoms with Crippen LogP contribution >= 0.6 is 8.60 Å². The summed E-state index contributed by atoms with van der Waals surface area (Å²) in [5.41, 5.74) is 4.97. The van der Waals surface area contributed by atoms with Gasteiger partial charge in [-0.3, -0.25) is 4.79 Å². The monoisotopic (exact) mass is 372 g/mol. The zero-order valence-corrected chi connectivity index (χ0v) is 15.5. The molecule has 0 bridgehead atoms. The molecule has 6 nitrogen and oxygen atoms in total. The second-order valence-electron chi connectivity index (χ2n) is 6.01. The van der Waals surface area contributed by atoms with Crippen LogP contribution in [-0.2, 0) is 4.79 Å². The number of carbonyl (C=O) groups excluding carboxylic acids is 1. The summed E-state index contributed by atoms with van der Waals surface area (Å²) in [5, 5.41) is 3.80. The fourth-order valence-corrected chi connectivity index (χ4v) is 3.64. The summed E-state index contributed by atoms with van der Waals surface area (Å²) in [5.74, 6) is 0.393. The van der Waals surface area contributed by atoms with Gasteiger partial charge in [-0.15, -0.1) is 0 Å². The Kier molecular flexibility index (Phi) is 5.57. The zero-order chi connectivity index (χ0) is 18.7. The number of amides is 1. The third kappa shape index (κ3) is 3.58. The molecule has 1 aromatic heterocycles. The lowest BCUT2D eigenvalue weighted by Gasteiger charge is -2.19. The molecule has 1 heterocycles. The Balaban J connectivity index is 2.19. The van der Waals surface area contributed by atoms with Crippen molar-refractivity contribution >= 4 is 25.9 Å². The van der Waals surface area contributed by atoms with Gasteiger partial charge in [0.1, 0.15) is 5.75 Å². The highest BCUT2D eigenvalue weighted by Crippen LogP contribution is 2.39. The van der Waals surface area contributed by atoms with E-state index in [2.05, 4.69) is 10.3 Å². The fraction of sp³-hybridized carbons (Fsp3) is 0.211. The van der Waals surface area contributed by atoms with Gasteiger partial charge in [0.05, 0.1) is 6.04 Å². The summed E-state index contributed by atoms with van der Waals surface area (Å²) in [6.45, 7) is 4.02. The van der Waals surface area contributed by atoms with Gasteiger partial charge in [-0.05, 0) is 42.7 Å². The lowest BCUT2D eigenvalue weighted by Crippen LogP contribution is -2.19. The Morgan fingerprint density at radius 1 is 1.27 bits per heavy atom. The zero-order valence-electron chi connectivity index (χ0n) is 14.6. The Morgan fingerprint density at radius 3 is 2.73 bits per heavy atom. The van der Waals surface area contributed by atoms with Gasteiger partial charge in [0.15, 0.2) is 0 Å². The molecule has 3 rings (SSSR count). The van der Waals surface area contributed by atoms with Gasteiger partial charge in [0, 0.05) is 22.2 Å². The summed E-state index contributed by atoms with van der Waals surface area (Å²) < 4.78 is 5.06. The van der Waals surface area contributed by atoms with Gasteiger partial charge in [-0.2, -0.15) is 0 Å². The van der Waals surface area contributed by atoms with Crippen LogP contribution in [0.5, 0.6) is 5.75 Å². The molecule has 0 aliphatic rings. The van der Waals surface area contributed by atoms with E-state index in [1.165, 1.54) is 0 Å². The van der Waals surface area contributed by atoms with Gasteiger partial charge in [-0.25, -0.2) is 0 Å². The highest BCUT2D eigenvalue weighted by Gasteiger charge is 2.19. The van der Waals surface area contributed by atoms with Crippen LogP contribution in [-0.4, -0.2) is 21.2 Å². The molecule has 1 amide bonds. The van der Waals surface area contributed by atoms with E-state index in [1.807, 2.05) is 44.2 Å². The second-order valence-corrected chi connectivity index (χ2v) is 6.70. The fourth-order valence-electron chi connectivity index (χ4n) is 3.34. The van der Waals surface area contributed by atoms with E-state index in [9.17, 15) is 4.79 Å². The van der Waals surface area contributed by atoms with Crippen molar-refractivity contribution in [2.24, 2.45) is 0 Å². The Bertz CT molecular complexity index is 923. The van der Waals surface area contributed by atoms with Crippen LogP contribution in [0, 0.1) is 6.92 Å². The van der Waals surface area contributed by atoms with Crippen molar-refractivity contribution in [2.45, 2.75) is 26.3 Å². The molecule has 26 heavy (non-hydrogen) atoms. The molecule has 0 fully saturated rings. The number of benzene rings is 2. The van der Waals surface area contributed by atoms with E-state index in [0.29, 0.717) is 5.75 Å². The number of aromatic amines is 1. The highest BCUT2D eigenvalue weighted by atomic mass is 31.2. The molecule has 0 aliphatic heterocycles. The number of H-pyrrole nitrogens is 1. The smallest absolute Gasteiger partial charge is 0.391 e. The van der Waals surface area contributed by atoms with Crippen molar-refractivity contribution in [2.75, 3.05) is 0 Å². The maximum Gasteiger partial charge on any atom is 0.391 e.